The van der Waals surface area contributed by atoms with E-state index in [4.69, 9.17) is 0 Å². The van der Waals surface area contributed by atoms with E-state index in [0.717, 1.165) is 0 Å². The Morgan fingerprint density at radius 2 is 1.29 bits per heavy atom. The molecule has 7 rings (SSSR count). The van der Waals surface area contributed by atoms with Gasteiger partial charge in [0.15, 0.2) is 0 Å². The van der Waals surface area contributed by atoms with Crippen LogP contribution in [-0.2, 0) is 0 Å². The molecule has 0 spiro atoms. The number of fused-ring (bicyclic) bond motifs is 8. The van der Waals surface area contributed by atoms with Crippen molar-refractivity contribution in [2.75, 3.05) is 4.90 Å². The number of aryl methyl sites for hydroxylation is 3. The van der Waals surface area contributed by atoms with Gasteiger partial charge in [0.2, 0.25) is 0 Å². The van der Waals surface area contributed by atoms with Gasteiger partial charge in [0, 0.05) is 33.4 Å². The molecule has 3 nitrogen and oxygen atoms in total. The zero-order valence-corrected chi connectivity index (χ0v) is 20.0. The van der Waals surface area contributed by atoms with Crippen LogP contribution in [0.3, 0.4) is 0 Å². The highest BCUT2D eigenvalue weighted by Gasteiger charge is 2.27. The smallest absolute Gasteiger partial charge is 0.136 e. The Balaban J connectivity index is 1.81. The molecule has 1 aliphatic heterocycles. The predicted octanol–water partition coefficient (Wildman–Crippen LogP) is 7.18. The second-order valence-corrected chi connectivity index (χ2v) is 9.64. The van der Waals surface area contributed by atoms with Gasteiger partial charge >= 0.3 is 0 Å². The van der Waals surface area contributed by atoms with Crippen molar-refractivity contribution in [3.8, 4) is 0 Å². The number of rotatable bonds is 1. The molecule has 0 N–H and O–H groups in total. The summed E-state index contributed by atoms with van der Waals surface area (Å²) in [4.78, 5) is 2.44. The quantitative estimate of drug-likeness (QED) is 0.263. The second-order valence-electron chi connectivity index (χ2n) is 9.64. The average molecular weight is 442 g/mol. The van der Waals surface area contributed by atoms with E-state index in [-0.39, 0.29) is 6.17 Å². The molecule has 1 atom stereocenters. The van der Waals surface area contributed by atoms with Gasteiger partial charge in [0.25, 0.3) is 0 Å². The van der Waals surface area contributed by atoms with Crippen LogP contribution in [0.15, 0.2) is 78.9 Å². The van der Waals surface area contributed by atoms with Crippen molar-refractivity contribution in [3.63, 3.8) is 0 Å². The molecule has 0 saturated carbocycles. The topological polar surface area (TPSA) is 12.6 Å². The van der Waals surface area contributed by atoms with Gasteiger partial charge in [-0.05, 0) is 56.5 Å². The van der Waals surface area contributed by atoms with Crippen LogP contribution in [-0.4, -0.2) is 8.97 Å². The Morgan fingerprint density at radius 3 is 2.12 bits per heavy atom. The lowest BCUT2D eigenvalue weighted by molar-refractivity contribution is 0.585. The molecule has 34 heavy (non-hydrogen) atoms. The van der Waals surface area contributed by atoms with Gasteiger partial charge in [-0.15, -0.1) is 0 Å². The highest BCUT2D eigenvalue weighted by atomic mass is 15.3. The van der Waals surface area contributed by atoms with E-state index in [9.17, 15) is 0 Å². The van der Waals surface area contributed by atoms with Crippen LogP contribution >= 0.6 is 0 Å². The fourth-order valence-corrected chi connectivity index (χ4v) is 6.00. The largest absolute Gasteiger partial charge is 0.323 e. The Labute approximate surface area is 198 Å². The van der Waals surface area contributed by atoms with Crippen molar-refractivity contribution in [2.24, 2.45) is 0 Å². The molecule has 3 heterocycles. The molecule has 4 aromatic carbocycles. The molecule has 0 aliphatic carbocycles. The lowest BCUT2D eigenvalue weighted by Gasteiger charge is -2.26. The molecule has 0 bridgehead atoms. The van der Waals surface area contributed by atoms with Gasteiger partial charge in [0.05, 0.1) is 16.6 Å². The van der Waals surface area contributed by atoms with E-state index in [0.29, 0.717) is 0 Å². The molecule has 0 saturated heterocycles. The molecule has 0 amide bonds. The van der Waals surface area contributed by atoms with Crippen LogP contribution in [0.2, 0.25) is 0 Å². The maximum atomic E-state index is 2.55. The van der Waals surface area contributed by atoms with Crippen molar-refractivity contribution >= 4 is 50.0 Å². The standard InChI is InChI=1S/C31H27N3/c1-19-16-17-26-25-13-9-12-24-23-11-6-8-15-28(23)34(31(24)25)29-18-32(27-14-7-5-10-20(27)2)22(4)33(29)30(26)21(19)3/h5-18,22H,1-4H3/t22-/m1/s1. The monoisotopic (exact) mass is 441 g/mol. The molecule has 0 radical (unpaired) electrons. The minimum atomic E-state index is 0.140. The van der Waals surface area contributed by atoms with E-state index >= 15 is 0 Å². The zero-order valence-electron chi connectivity index (χ0n) is 20.0. The number of aromatic nitrogens is 2. The molecule has 0 fully saturated rings. The summed E-state index contributed by atoms with van der Waals surface area (Å²) in [6.07, 6.45) is 2.49. The van der Waals surface area contributed by atoms with E-state index in [1.807, 2.05) is 0 Å². The number of nitrogens with zero attached hydrogens (tertiary/aromatic N) is 3. The van der Waals surface area contributed by atoms with Gasteiger partial charge in [-0.1, -0.05) is 66.7 Å². The van der Waals surface area contributed by atoms with Gasteiger partial charge in [-0.2, -0.15) is 0 Å². The first-order valence-corrected chi connectivity index (χ1v) is 12.0. The minimum absolute atomic E-state index is 0.140. The SMILES string of the molecule is Cc1ccccc1N1C=c2n(c3c(C)c(C)ccc3c3cccc4c5ccccc5n2c34)[C@@H]1C. The van der Waals surface area contributed by atoms with Gasteiger partial charge < -0.3 is 9.47 Å². The molecule has 166 valence electrons. The first-order chi connectivity index (χ1) is 16.6. The van der Waals surface area contributed by atoms with Gasteiger partial charge in [-0.3, -0.25) is 4.40 Å². The number of para-hydroxylation sites is 3. The summed E-state index contributed by atoms with van der Waals surface area (Å²) in [5.74, 6) is 0. The lowest BCUT2D eigenvalue weighted by atomic mass is 10.0. The third-order valence-corrected chi connectivity index (χ3v) is 7.83. The molecule has 0 unspecified atom stereocenters. The highest BCUT2D eigenvalue weighted by molar-refractivity contribution is 6.19. The van der Waals surface area contributed by atoms with Gasteiger partial charge in [-0.25, -0.2) is 0 Å². The van der Waals surface area contributed by atoms with E-state index in [1.54, 1.807) is 0 Å². The van der Waals surface area contributed by atoms with E-state index < -0.39 is 0 Å². The van der Waals surface area contributed by atoms with Gasteiger partial charge in [0.1, 0.15) is 11.6 Å². The number of anilines is 1. The number of hydrogen-bond donors (Lipinski definition) is 0. The minimum Gasteiger partial charge on any atom is -0.323 e. The summed E-state index contributed by atoms with van der Waals surface area (Å²) in [6, 6.07) is 28.9. The molecule has 1 aliphatic rings. The van der Waals surface area contributed by atoms with Crippen molar-refractivity contribution in [1.82, 2.24) is 8.97 Å². The van der Waals surface area contributed by atoms with Crippen LogP contribution in [0.1, 0.15) is 29.8 Å². The van der Waals surface area contributed by atoms with Crippen LogP contribution in [0, 0.1) is 20.8 Å². The van der Waals surface area contributed by atoms with Crippen LogP contribution in [0.5, 0.6) is 0 Å². The average Bonchev–Trinajstić information content (AvgIpc) is 3.31. The maximum Gasteiger partial charge on any atom is 0.136 e. The summed E-state index contributed by atoms with van der Waals surface area (Å²) in [5.41, 5.74) is 10.3. The Bertz CT molecular complexity index is 1870. The normalized spacial score (nSPS) is 15.5. The third-order valence-electron chi connectivity index (χ3n) is 7.83. The third kappa shape index (κ3) is 2.36. The Hall–Kier alpha value is -3.98. The van der Waals surface area contributed by atoms with Crippen molar-refractivity contribution in [1.29, 1.82) is 0 Å². The summed E-state index contributed by atoms with van der Waals surface area (Å²) >= 11 is 0. The lowest BCUT2D eigenvalue weighted by Crippen LogP contribution is -2.25. The van der Waals surface area contributed by atoms with Crippen LogP contribution in [0.25, 0.3) is 44.3 Å². The summed E-state index contributed by atoms with van der Waals surface area (Å²) < 4.78 is 5.04. The fourth-order valence-electron chi connectivity index (χ4n) is 6.00. The number of hydrogen-bond acceptors (Lipinski definition) is 1. The van der Waals surface area contributed by atoms with Crippen LogP contribution in [0.4, 0.5) is 5.69 Å². The zero-order chi connectivity index (χ0) is 23.1. The highest BCUT2D eigenvalue weighted by Crippen LogP contribution is 2.38. The summed E-state index contributed by atoms with van der Waals surface area (Å²) in [6.45, 7) is 9.01. The molecule has 3 heteroatoms. The molecule has 2 aromatic heterocycles. The van der Waals surface area contributed by atoms with E-state index in [2.05, 4.69) is 127 Å². The maximum absolute atomic E-state index is 2.55. The fraction of sp³-hybridized carbons (Fsp3) is 0.161. The Kier molecular flexibility index (Phi) is 3.88. The van der Waals surface area contributed by atoms with Crippen molar-refractivity contribution < 1.29 is 0 Å². The molecular formula is C31H27N3. The first-order valence-electron chi connectivity index (χ1n) is 12.0. The van der Waals surface area contributed by atoms with E-state index in [1.165, 1.54) is 66.0 Å². The van der Waals surface area contributed by atoms with Crippen molar-refractivity contribution in [2.45, 2.75) is 33.9 Å². The summed E-state index contributed by atoms with van der Waals surface area (Å²) in [7, 11) is 0. The van der Waals surface area contributed by atoms with Crippen molar-refractivity contribution in [3.05, 3.63) is 101 Å². The Morgan fingerprint density at radius 1 is 0.618 bits per heavy atom. The first kappa shape index (κ1) is 19.5. The molecular weight excluding hydrogens is 414 g/mol. The predicted molar refractivity (Wildman–Crippen MR) is 144 cm³/mol. The molecule has 6 aromatic rings. The second kappa shape index (κ2) is 6.77. The van der Waals surface area contributed by atoms with Crippen LogP contribution < -0.4 is 10.4 Å². The number of benzene rings is 4. The summed E-state index contributed by atoms with van der Waals surface area (Å²) in [5, 5.41) is 5.22.